The summed E-state index contributed by atoms with van der Waals surface area (Å²) in [7, 11) is 0. The minimum Gasteiger partial charge on any atom is -0.293 e. The van der Waals surface area contributed by atoms with Crippen molar-refractivity contribution in [2.24, 2.45) is 0 Å². The van der Waals surface area contributed by atoms with Crippen LogP contribution < -0.4 is 0 Å². The van der Waals surface area contributed by atoms with Gasteiger partial charge in [-0.3, -0.25) is 4.79 Å². The van der Waals surface area contributed by atoms with Crippen LogP contribution in [0, 0.1) is 0 Å². The zero-order chi connectivity index (χ0) is 11.4. The Morgan fingerprint density at radius 3 is 2.12 bits per heavy atom. The van der Waals surface area contributed by atoms with E-state index in [1.165, 1.54) is 16.7 Å². The smallest absolute Gasteiger partial charge is 0.170 e. The number of ketones is 1. The molecule has 0 radical (unpaired) electrons. The fraction of sp³-hybridized carbons (Fsp3) is 0.188. The van der Waals surface area contributed by atoms with Crippen molar-refractivity contribution in [3.05, 3.63) is 70.8 Å². The highest BCUT2D eigenvalue weighted by Crippen LogP contribution is 2.51. The standard InChI is InChI=1S/C16H12O/c17-16-13-8-4-3-7-12(13)14-9-15(16)11-6-2-1-5-10(11)14/h1-8,14-15H,9H2/t14-,15-/m0/s1. The Kier molecular flexibility index (Phi) is 1.66. The molecule has 1 heteroatoms. The number of hydrogen-bond donors (Lipinski definition) is 0. The summed E-state index contributed by atoms with van der Waals surface area (Å²) in [4.78, 5) is 12.4. The molecule has 1 nitrogen and oxygen atoms in total. The highest BCUT2D eigenvalue weighted by molar-refractivity contribution is 6.05. The largest absolute Gasteiger partial charge is 0.293 e. The molecule has 4 rings (SSSR count). The summed E-state index contributed by atoms with van der Waals surface area (Å²) in [5.74, 6) is 0.845. The zero-order valence-corrected chi connectivity index (χ0v) is 9.39. The molecule has 2 bridgehead atoms. The average Bonchev–Trinajstić information content (AvgIpc) is 2.73. The van der Waals surface area contributed by atoms with E-state index in [4.69, 9.17) is 0 Å². The Labute approximate surface area is 100 Å². The van der Waals surface area contributed by atoms with E-state index in [0.717, 1.165) is 12.0 Å². The molecule has 0 amide bonds. The molecule has 2 aliphatic rings. The second-order valence-corrected chi connectivity index (χ2v) is 4.92. The molecule has 17 heavy (non-hydrogen) atoms. The number of hydrogen-bond acceptors (Lipinski definition) is 1. The quantitative estimate of drug-likeness (QED) is 0.664. The van der Waals surface area contributed by atoms with E-state index in [0.29, 0.717) is 11.7 Å². The first-order valence-corrected chi connectivity index (χ1v) is 6.08. The molecule has 0 spiro atoms. The molecule has 2 atom stereocenters. The Morgan fingerprint density at radius 2 is 1.35 bits per heavy atom. The van der Waals surface area contributed by atoms with Crippen LogP contribution in [0.25, 0.3) is 0 Å². The lowest BCUT2D eigenvalue weighted by molar-refractivity contribution is 0.0950. The predicted molar refractivity (Wildman–Crippen MR) is 66.4 cm³/mol. The van der Waals surface area contributed by atoms with Crippen LogP contribution in [0.4, 0.5) is 0 Å². The molecule has 0 unspecified atom stereocenters. The lowest BCUT2D eigenvalue weighted by Crippen LogP contribution is -2.17. The van der Waals surface area contributed by atoms with Crippen molar-refractivity contribution >= 4 is 5.78 Å². The van der Waals surface area contributed by atoms with Crippen molar-refractivity contribution in [1.29, 1.82) is 0 Å². The van der Waals surface area contributed by atoms with Crippen LogP contribution in [0.1, 0.15) is 45.3 Å². The van der Waals surface area contributed by atoms with Crippen LogP contribution in [0.15, 0.2) is 48.5 Å². The summed E-state index contributed by atoms with van der Waals surface area (Å²) >= 11 is 0. The number of fused-ring (bicyclic) bond motifs is 7. The maximum absolute atomic E-state index is 12.4. The molecular weight excluding hydrogens is 208 g/mol. The first-order chi connectivity index (χ1) is 8.36. The van der Waals surface area contributed by atoms with E-state index < -0.39 is 0 Å². The zero-order valence-electron chi connectivity index (χ0n) is 9.39. The van der Waals surface area contributed by atoms with Gasteiger partial charge in [0, 0.05) is 17.4 Å². The highest BCUT2D eigenvalue weighted by atomic mass is 16.1. The molecule has 2 aromatic carbocycles. The van der Waals surface area contributed by atoms with Gasteiger partial charge in [0.2, 0.25) is 0 Å². The summed E-state index contributed by atoms with van der Waals surface area (Å²) in [6.07, 6.45) is 0.967. The minimum atomic E-state index is 0.103. The van der Waals surface area contributed by atoms with Crippen LogP contribution in [0.2, 0.25) is 0 Å². The van der Waals surface area contributed by atoms with Crippen LogP contribution in [0.3, 0.4) is 0 Å². The summed E-state index contributed by atoms with van der Waals surface area (Å²) in [6.45, 7) is 0. The van der Waals surface area contributed by atoms with E-state index in [9.17, 15) is 4.79 Å². The SMILES string of the molecule is O=C1c2ccccc2[C@H]2C[C@H]1c1ccccc12. The molecule has 0 heterocycles. The fourth-order valence-electron chi connectivity index (χ4n) is 3.39. The molecule has 82 valence electrons. The molecular formula is C16H12O. The molecule has 0 saturated carbocycles. The van der Waals surface area contributed by atoms with Gasteiger partial charge < -0.3 is 0 Å². The summed E-state index contributed by atoms with van der Waals surface area (Å²) < 4.78 is 0. The van der Waals surface area contributed by atoms with Crippen LogP contribution in [-0.4, -0.2) is 5.78 Å². The monoisotopic (exact) mass is 220 g/mol. The Hall–Kier alpha value is -1.89. The van der Waals surface area contributed by atoms with Gasteiger partial charge >= 0.3 is 0 Å². The Morgan fingerprint density at radius 1 is 0.765 bits per heavy atom. The summed E-state index contributed by atoms with van der Waals surface area (Å²) in [5, 5.41) is 0. The van der Waals surface area contributed by atoms with E-state index in [2.05, 4.69) is 24.3 Å². The number of Topliss-reactive ketones (excluding diaryl/α,β-unsaturated/α-hetero) is 1. The van der Waals surface area contributed by atoms with Crippen molar-refractivity contribution in [3.8, 4) is 0 Å². The van der Waals surface area contributed by atoms with Crippen molar-refractivity contribution in [2.75, 3.05) is 0 Å². The van der Waals surface area contributed by atoms with Gasteiger partial charge in [0.15, 0.2) is 5.78 Å². The maximum atomic E-state index is 12.4. The second kappa shape index (κ2) is 3.07. The maximum Gasteiger partial charge on any atom is 0.170 e. The van der Waals surface area contributed by atoms with Gasteiger partial charge in [-0.15, -0.1) is 0 Å². The third kappa shape index (κ3) is 1.06. The van der Waals surface area contributed by atoms with Crippen molar-refractivity contribution < 1.29 is 4.79 Å². The minimum absolute atomic E-state index is 0.103. The predicted octanol–water partition coefficient (Wildman–Crippen LogP) is 3.50. The lowest BCUT2D eigenvalue weighted by atomic mass is 9.80. The van der Waals surface area contributed by atoms with Gasteiger partial charge in [0.1, 0.15) is 0 Å². The van der Waals surface area contributed by atoms with E-state index in [-0.39, 0.29) is 5.92 Å². The van der Waals surface area contributed by atoms with Gasteiger partial charge in [-0.25, -0.2) is 0 Å². The summed E-state index contributed by atoms with van der Waals surface area (Å²) in [6, 6.07) is 16.5. The Bertz CT molecular complexity index is 627. The lowest BCUT2D eigenvalue weighted by Gasteiger charge is -2.21. The van der Waals surface area contributed by atoms with Crippen LogP contribution >= 0.6 is 0 Å². The Balaban J connectivity index is 2.04. The molecule has 2 aromatic rings. The van der Waals surface area contributed by atoms with E-state index in [1.54, 1.807) is 0 Å². The summed E-state index contributed by atoms with van der Waals surface area (Å²) in [5.41, 5.74) is 4.76. The first kappa shape index (κ1) is 9.17. The van der Waals surface area contributed by atoms with Crippen LogP contribution in [-0.2, 0) is 0 Å². The van der Waals surface area contributed by atoms with Gasteiger partial charge in [-0.05, 0) is 23.1 Å². The molecule has 0 aliphatic heterocycles. The second-order valence-electron chi connectivity index (χ2n) is 4.92. The average molecular weight is 220 g/mol. The van der Waals surface area contributed by atoms with Gasteiger partial charge in [-0.1, -0.05) is 48.5 Å². The van der Waals surface area contributed by atoms with Crippen molar-refractivity contribution in [3.63, 3.8) is 0 Å². The number of carbonyl (C=O) groups excluding carboxylic acids is 1. The molecule has 0 N–H and O–H groups in total. The molecule has 0 saturated heterocycles. The van der Waals surface area contributed by atoms with Gasteiger partial charge in [0.25, 0.3) is 0 Å². The van der Waals surface area contributed by atoms with Gasteiger partial charge in [-0.2, -0.15) is 0 Å². The van der Waals surface area contributed by atoms with Crippen LogP contribution in [0.5, 0.6) is 0 Å². The normalized spacial score (nSPS) is 24.4. The number of benzene rings is 2. The third-order valence-electron chi connectivity index (χ3n) is 4.14. The highest BCUT2D eigenvalue weighted by Gasteiger charge is 2.42. The number of carbonyl (C=O) groups is 1. The molecule has 2 aliphatic carbocycles. The van der Waals surface area contributed by atoms with Gasteiger partial charge in [0.05, 0.1) is 0 Å². The van der Waals surface area contributed by atoms with E-state index >= 15 is 0 Å². The van der Waals surface area contributed by atoms with Crippen molar-refractivity contribution in [2.45, 2.75) is 18.3 Å². The molecule has 0 fully saturated rings. The van der Waals surface area contributed by atoms with Crippen molar-refractivity contribution in [1.82, 2.24) is 0 Å². The topological polar surface area (TPSA) is 17.1 Å². The fourth-order valence-corrected chi connectivity index (χ4v) is 3.39. The first-order valence-electron chi connectivity index (χ1n) is 6.08. The number of rotatable bonds is 0. The van der Waals surface area contributed by atoms with E-state index in [1.807, 2.05) is 24.3 Å². The molecule has 0 aromatic heterocycles. The third-order valence-corrected chi connectivity index (χ3v) is 4.14.